The molecule has 0 atom stereocenters. The lowest BCUT2D eigenvalue weighted by Crippen LogP contribution is -2.03. The highest BCUT2D eigenvalue weighted by Crippen LogP contribution is 2.22. The van der Waals surface area contributed by atoms with Crippen LogP contribution in [0.5, 0.6) is 0 Å². The number of benzene rings is 2. The van der Waals surface area contributed by atoms with E-state index in [4.69, 9.17) is 16.9 Å². The van der Waals surface area contributed by atoms with E-state index in [1.807, 2.05) is 0 Å². The smallest absolute Gasteiger partial charge is 0.216 e. The zero-order valence-corrected chi connectivity index (χ0v) is 12.2. The fourth-order valence-electron chi connectivity index (χ4n) is 1.66. The fourth-order valence-corrected chi connectivity index (χ4v) is 2.94. The lowest BCUT2D eigenvalue weighted by atomic mass is 10.2. The first-order valence-corrected chi connectivity index (χ1v) is 7.67. The van der Waals surface area contributed by atoms with Gasteiger partial charge in [-0.25, -0.2) is 12.8 Å². The van der Waals surface area contributed by atoms with Gasteiger partial charge in [-0.15, -0.1) is 0 Å². The summed E-state index contributed by atoms with van der Waals surface area (Å²) in [6, 6.07) is 12.4. The van der Waals surface area contributed by atoms with Gasteiger partial charge in [0.15, 0.2) is 0 Å². The molecular formula is C15H9ClFNO2S. The van der Waals surface area contributed by atoms with Crippen LogP contribution in [0, 0.1) is 17.1 Å². The maximum absolute atomic E-state index is 13.1. The number of sulfone groups is 1. The first-order valence-electron chi connectivity index (χ1n) is 5.81. The molecule has 0 amide bonds. The molecule has 0 N–H and O–H groups in total. The van der Waals surface area contributed by atoms with E-state index >= 15 is 0 Å². The molecule has 106 valence electrons. The summed E-state index contributed by atoms with van der Waals surface area (Å²) in [5.74, 6) is -0.509. The molecule has 0 heterocycles. The summed E-state index contributed by atoms with van der Waals surface area (Å²) in [6.07, 6.45) is 1.13. The van der Waals surface area contributed by atoms with Gasteiger partial charge < -0.3 is 0 Å². The summed E-state index contributed by atoms with van der Waals surface area (Å²) in [4.78, 5) is -0.508. The van der Waals surface area contributed by atoms with Crippen LogP contribution in [0.25, 0.3) is 6.08 Å². The van der Waals surface area contributed by atoms with E-state index in [0.717, 1.165) is 12.1 Å². The van der Waals surface area contributed by atoms with Gasteiger partial charge in [-0.05, 0) is 48.0 Å². The summed E-state index contributed by atoms with van der Waals surface area (Å²) in [6.45, 7) is 0. The number of hydrogen-bond acceptors (Lipinski definition) is 3. The Morgan fingerprint density at radius 2 is 1.86 bits per heavy atom. The minimum absolute atomic E-state index is 0.0453. The molecule has 0 saturated carbocycles. The number of allylic oxidation sites excluding steroid dienone is 1. The van der Waals surface area contributed by atoms with E-state index in [2.05, 4.69) is 0 Å². The standard InChI is InChI=1S/C15H9ClFNO2S/c16-12-4-6-14(7-5-12)21(19,20)15(10-18)9-11-2-1-3-13(17)8-11/h1-9H/b15-9+. The van der Waals surface area contributed by atoms with Crippen LogP contribution in [0.15, 0.2) is 58.3 Å². The Morgan fingerprint density at radius 3 is 2.43 bits per heavy atom. The van der Waals surface area contributed by atoms with Gasteiger partial charge in [0.25, 0.3) is 0 Å². The average molecular weight is 322 g/mol. The highest BCUT2D eigenvalue weighted by molar-refractivity contribution is 7.95. The highest BCUT2D eigenvalue weighted by atomic mass is 35.5. The predicted molar refractivity (Wildman–Crippen MR) is 78.6 cm³/mol. The molecular weight excluding hydrogens is 313 g/mol. The van der Waals surface area contributed by atoms with Crippen LogP contribution in [0.1, 0.15) is 5.56 Å². The Balaban J connectivity index is 2.50. The minimum atomic E-state index is -3.96. The summed E-state index contributed by atoms with van der Waals surface area (Å²) < 4.78 is 37.8. The molecule has 0 aliphatic carbocycles. The van der Waals surface area contributed by atoms with Crippen LogP contribution in [-0.4, -0.2) is 8.42 Å². The van der Waals surface area contributed by atoms with Crippen LogP contribution in [0.3, 0.4) is 0 Å². The molecule has 0 spiro atoms. The molecule has 0 aliphatic heterocycles. The minimum Gasteiger partial charge on any atom is -0.218 e. The van der Waals surface area contributed by atoms with Gasteiger partial charge in [0.05, 0.1) is 4.90 Å². The number of nitriles is 1. The van der Waals surface area contributed by atoms with Crippen LogP contribution in [-0.2, 0) is 9.84 Å². The molecule has 0 bridgehead atoms. The summed E-state index contributed by atoms with van der Waals surface area (Å²) in [5.41, 5.74) is 0.295. The van der Waals surface area contributed by atoms with Gasteiger partial charge >= 0.3 is 0 Å². The Kier molecular flexibility index (Phi) is 4.41. The third-order valence-corrected chi connectivity index (χ3v) is 4.60. The van der Waals surface area contributed by atoms with Crippen molar-refractivity contribution in [1.29, 1.82) is 5.26 Å². The fraction of sp³-hybridized carbons (Fsp3) is 0. The molecule has 6 heteroatoms. The summed E-state index contributed by atoms with van der Waals surface area (Å²) in [7, 11) is -3.96. The van der Waals surface area contributed by atoms with Gasteiger partial charge in [-0.3, -0.25) is 0 Å². The van der Waals surface area contributed by atoms with Crippen molar-refractivity contribution in [3.63, 3.8) is 0 Å². The molecule has 2 aromatic carbocycles. The number of nitrogens with zero attached hydrogens (tertiary/aromatic N) is 1. The second kappa shape index (κ2) is 6.08. The molecule has 0 fully saturated rings. The molecule has 0 aromatic heterocycles. The van der Waals surface area contributed by atoms with Crippen molar-refractivity contribution in [1.82, 2.24) is 0 Å². The van der Waals surface area contributed by atoms with Crippen molar-refractivity contribution < 1.29 is 12.8 Å². The Labute approximate surface area is 126 Å². The van der Waals surface area contributed by atoms with E-state index in [-0.39, 0.29) is 4.90 Å². The number of rotatable bonds is 3. The Morgan fingerprint density at radius 1 is 1.19 bits per heavy atom. The lowest BCUT2D eigenvalue weighted by Gasteiger charge is -2.03. The second-order valence-electron chi connectivity index (χ2n) is 4.13. The molecule has 0 unspecified atom stereocenters. The molecule has 2 aromatic rings. The topological polar surface area (TPSA) is 57.9 Å². The molecule has 0 saturated heterocycles. The van der Waals surface area contributed by atoms with Crippen molar-refractivity contribution in [3.8, 4) is 6.07 Å². The van der Waals surface area contributed by atoms with Crippen LogP contribution < -0.4 is 0 Å². The van der Waals surface area contributed by atoms with Gasteiger partial charge in [-0.1, -0.05) is 23.7 Å². The van der Waals surface area contributed by atoms with Gasteiger partial charge in [0, 0.05) is 5.02 Å². The van der Waals surface area contributed by atoms with Crippen LogP contribution >= 0.6 is 11.6 Å². The molecule has 0 radical (unpaired) electrons. The summed E-state index contributed by atoms with van der Waals surface area (Å²) in [5, 5.41) is 9.48. The maximum atomic E-state index is 13.1. The van der Waals surface area contributed by atoms with E-state index in [0.29, 0.717) is 10.6 Å². The third kappa shape index (κ3) is 3.48. The lowest BCUT2D eigenvalue weighted by molar-refractivity contribution is 0.603. The van der Waals surface area contributed by atoms with Crippen molar-refractivity contribution in [2.24, 2.45) is 0 Å². The van der Waals surface area contributed by atoms with Crippen molar-refractivity contribution in [2.45, 2.75) is 4.90 Å². The zero-order valence-electron chi connectivity index (χ0n) is 10.6. The van der Waals surface area contributed by atoms with Gasteiger partial charge in [0.1, 0.15) is 16.8 Å². The van der Waals surface area contributed by atoms with Gasteiger partial charge in [-0.2, -0.15) is 5.26 Å². The Hall–Kier alpha value is -2.16. The second-order valence-corrected chi connectivity index (χ2v) is 6.49. The SMILES string of the molecule is N#C/C(=C\c1cccc(F)c1)S(=O)(=O)c1ccc(Cl)cc1. The summed E-state index contributed by atoms with van der Waals surface area (Å²) >= 11 is 5.71. The van der Waals surface area contributed by atoms with Crippen molar-refractivity contribution >= 4 is 27.5 Å². The van der Waals surface area contributed by atoms with Gasteiger partial charge in [0.2, 0.25) is 9.84 Å². The van der Waals surface area contributed by atoms with E-state index in [9.17, 15) is 12.8 Å². The molecule has 21 heavy (non-hydrogen) atoms. The Bertz CT molecular complexity index is 837. The number of halogens is 2. The van der Waals surface area contributed by atoms with Crippen molar-refractivity contribution in [3.05, 3.63) is 69.8 Å². The predicted octanol–water partition coefficient (Wildman–Crippen LogP) is 3.82. The number of hydrogen-bond donors (Lipinski definition) is 0. The monoisotopic (exact) mass is 321 g/mol. The zero-order chi connectivity index (χ0) is 15.5. The average Bonchev–Trinajstić information content (AvgIpc) is 2.45. The maximum Gasteiger partial charge on any atom is 0.216 e. The van der Waals surface area contributed by atoms with E-state index < -0.39 is 20.6 Å². The van der Waals surface area contributed by atoms with Crippen molar-refractivity contribution in [2.75, 3.05) is 0 Å². The first kappa shape index (κ1) is 15.2. The van der Waals surface area contributed by atoms with E-state index in [1.165, 1.54) is 42.5 Å². The third-order valence-electron chi connectivity index (χ3n) is 2.67. The highest BCUT2D eigenvalue weighted by Gasteiger charge is 2.20. The van der Waals surface area contributed by atoms with Crippen LogP contribution in [0.4, 0.5) is 4.39 Å². The molecule has 2 rings (SSSR count). The molecule has 0 aliphatic rings. The molecule has 3 nitrogen and oxygen atoms in total. The quantitative estimate of drug-likeness (QED) is 0.807. The first-order chi connectivity index (χ1) is 9.93. The normalized spacial score (nSPS) is 12.0. The van der Waals surface area contributed by atoms with E-state index in [1.54, 1.807) is 6.07 Å². The van der Waals surface area contributed by atoms with Crippen LogP contribution in [0.2, 0.25) is 5.02 Å². The largest absolute Gasteiger partial charge is 0.218 e.